The second kappa shape index (κ2) is 12.1. The summed E-state index contributed by atoms with van der Waals surface area (Å²) in [7, 11) is 5.56. The number of hydrogen-bond donors (Lipinski definition) is 2. The summed E-state index contributed by atoms with van der Waals surface area (Å²) in [6.07, 6.45) is 0. The van der Waals surface area contributed by atoms with Crippen LogP contribution in [0.4, 0.5) is 10.7 Å². The van der Waals surface area contributed by atoms with E-state index in [0.29, 0.717) is 29.4 Å². The topological polar surface area (TPSA) is 121 Å². The molecule has 0 aliphatic rings. The predicted octanol–water partition coefficient (Wildman–Crippen LogP) is 4.77. The Morgan fingerprint density at radius 1 is 0.865 bits per heavy atom. The van der Waals surface area contributed by atoms with Crippen LogP contribution in [0.2, 0.25) is 0 Å². The van der Waals surface area contributed by atoms with Crippen LogP contribution in [-0.2, 0) is 4.74 Å². The molecule has 1 heterocycles. The van der Waals surface area contributed by atoms with Crippen LogP contribution in [0, 0.1) is 6.92 Å². The van der Waals surface area contributed by atoms with Crippen LogP contribution in [0.3, 0.4) is 0 Å². The Balaban J connectivity index is 1.93. The SMILES string of the molecule is CCOc1ccc(NC(=O)c2sc(NC(=O)c3cc(OC)c(OC)c(OC)c3)c(C(=O)OC)c2C)cc1. The number of rotatable bonds is 10. The van der Waals surface area contributed by atoms with E-state index in [1.54, 1.807) is 31.2 Å². The van der Waals surface area contributed by atoms with Crippen LogP contribution in [0.1, 0.15) is 42.9 Å². The van der Waals surface area contributed by atoms with E-state index in [1.165, 1.54) is 40.6 Å². The zero-order valence-electron chi connectivity index (χ0n) is 21.3. The van der Waals surface area contributed by atoms with Crippen molar-refractivity contribution >= 4 is 39.8 Å². The molecular formula is C26H28N2O8S. The third-order valence-corrected chi connectivity index (χ3v) is 6.53. The van der Waals surface area contributed by atoms with Gasteiger partial charge in [-0.15, -0.1) is 11.3 Å². The number of thiophene rings is 1. The quantitative estimate of drug-likeness (QED) is 0.361. The lowest BCUT2D eigenvalue weighted by molar-refractivity contribution is 0.0601. The maximum Gasteiger partial charge on any atom is 0.341 e. The largest absolute Gasteiger partial charge is 0.494 e. The van der Waals surface area contributed by atoms with E-state index in [1.807, 2.05) is 6.92 Å². The second-order valence-corrected chi connectivity index (χ2v) is 8.55. The van der Waals surface area contributed by atoms with Gasteiger partial charge >= 0.3 is 5.97 Å². The van der Waals surface area contributed by atoms with Crippen molar-refractivity contribution in [2.75, 3.05) is 45.7 Å². The van der Waals surface area contributed by atoms with Gasteiger partial charge in [0, 0.05) is 11.3 Å². The first-order chi connectivity index (χ1) is 17.8. The van der Waals surface area contributed by atoms with Gasteiger partial charge in [0.2, 0.25) is 5.75 Å². The molecule has 0 radical (unpaired) electrons. The third kappa shape index (κ3) is 5.95. The van der Waals surface area contributed by atoms with Gasteiger partial charge < -0.3 is 34.3 Å². The average Bonchev–Trinajstić information content (AvgIpc) is 3.23. The van der Waals surface area contributed by atoms with Gasteiger partial charge in [-0.25, -0.2) is 4.79 Å². The summed E-state index contributed by atoms with van der Waals surface area (Å²) in [5.74, 6) is -0.0891. The monoisotopic (exact) mass is 528 g/mol. The van der Waals surface area contributed by atoms with Crippen molar-refractivity contribution < 1.29 is 38.1 Å². The molecular weight excluding hydrogens is 500 g/mol. The van der Waals surface area contributed by atoms with Gasteiger partial charge in [-0.1, -0.05) is 0 Å². The summed E-state index contributed by atoms with van der Waals surface area (Å²) in [5.41, 5.74) is 1.20. The molecule has 0 fully saturated rings. The van der Waals surface area contributed by atoms with E-state index in [0.717, 1.165) is 11.3 Å². The standard InChI is InChI=1S/C26H28N2O8S/c1-7-36-17-10-8-16(9-11-17)27-24(30)22-14(2)20(26(31)35-6)25(37-22)28-23(29)15-12-18(32-3)21(34-5)19(13-15)33-4/h8-13H,7H2,1-6H3,(H,27,30)(H,28,29). The molecule has 0 saturated heterocycles. The first kappa shape index (κ1) is 27.3. The van der Waals surface area contributed by atoms with Crippen molar-refractivity contribution in [2.24, 2.45) is 0 Å². The number of hydrogen-bond acceptors (Lipinski definition) is 9. The van der Waals surface area contributed by atoms with Gasteiger partial charge in [0.1, 0.15) is 10.8 Å². The number of carbonyl (C=O) groups excluding carboxylic acids is 3. The molecule has 1 aromatic heterocycles. The van der Waals surface area contributed by atoms with Crippen molar-refractivity contribution in [3.05, 3.63) is 58.0 Å². The summed E-state index contributed by atoms with van der Waals surface area (Å²) in [6.45, 7) is 4.03. The van der Waals surface area contributed by atoms with Crippen molar-refractivity contribution in [3.63, 3.8) is 0 Å². The van der Waals surface area contributed by atoms with Gasteiger partial charge in [-0.3, -0.25) is 9.59 Å². The van der Waals surface area contributed by atoms with Crippen LogP contribution in [0.5, 0.6) is 23.0 Å². The molecule has 0 bridgehead atoms. The Morgan fingerprint density at radius 2 is 1.49 bits per heavy atom. The molecule has 2 amide bonds. The fourth-order valence-electron chi connectivity index (χ4n) is 3.54. The summed E-state index contributed by atoms with van der Waals surface area (Å²) in [5, 5.41) is 5.68. The fraction of sp³-hybridized carbons (Fsp3) is 0.269. The second-order valence-electron chi connectivity index (χ2n) is 7.53. The van der Waals surface area contributed by atoms with E-state index in [4.69, 9.17) is 23.7 Å². The molecule has 2 aromatic carbocycles. The van der Waals surface area contributed by atoms with Crippen LogP contribution >= 0.6 is 11.3 Å². The van der Waals surface area contributed by atoms with Crippen molar-refractivity contribution in [1.29, 1.82) is 0 Å². The zero-order chi connectivity index (χ0) is 27.1. The van der Waals surface area contributed by atoms with Crippen molar-refractivity contribution in [1.82, 2.24) is 0 Å². The highest BCUT2D eigenvalue weighted by atomic mass is 32.1. The third-order valence-electron chi connectivity index (χ3n) is 5.32. The van der Waals surface area contributed by atoms with Gasteiger partial charge in [0.05, 0.1) is 45.5 Å². The molecule has 3 rings (SSSR count). The average molecular weight is 529 g/mol. The lowest BCUT2D eigenvalue weighted by Crippen LogP contribution is -2.15. The first-order valence-corrected chi connectivity index (χ1v) is 12.0. The van der Waals surface area contributed by atoms with E-state index in [2.05, 4.69) is 10.6 Å². The molecule has 0 aliphatic heterocycles. The lowest BCUT2D eigenvalue weighted by atomic mass is 10.1. The smallest absolute Gasteiger partial charge is 0.341 e. The predicted molar refractivity (Wildman–Crippen MR) is 140 cm³/mol. The summed E-state index contributed by atoms with van der Waals surface area (Å²) in [6, 6.07) is 9.86. The molecule has 37 heavy (non-hydrogen) atoms. The molecule has 0 atom stereocenters. The molecule has 2 N–H and O–H groups in total. The highest BCUT2D eigenvalue weighted by Gasteiger charge is 2.27. The number of benzene rings is 2. The first-order valence-electron chi connectivity index (χ1n) is 11.1. The molecule has 0 unspecified atom stereocenters. The Bertz CT molecular complexity index is 1280. The maximum atomic E-state index is 13.2. The Hall–Kier alpha value is -4.25. The van der Waals surface area contributed by atoms with Gasteiger partial charge in [0.25, 0.3) is 11.8 Å². The zero-order valence-corrected chi connectivity index (χ0v) is 22.2. The maximum absolute atomic E-state index is 13.2. The molecule has 3 aromatic rings. The number of esters is 1. The van der Waals surface area contributed by atoms with Crippen LogP contribution in [-0.4, -0.2) is 52.8 Å². The molecule has 10 nitrogen and oxygen atoms in total. The van der Waals surface area contributed by atoms with E-state index < -0.39 is 17.8 Å². The minimum Gasteiger partial charge on any atom is -0.494 e. The number of carbonyl (C=O) groups is 3. The number of ether oxygens (including phenoxy) is 5. The Labute approximate surface area is 218 Å². The van der Waals surface area contributed by atoms with Crippen LogP contribution in [0.15, 0.2) is 36.4 Å². The van der Waals surface area contributed by atoms with Gasteiger partial charge in [-0.05, 0) is 55.8 Å². The van der Waals surface area contributed by atoms with Crippen LogP contribution < -0.4 is 29.6 Å². The number of nitrogens with one attached hydrogen (secondary N) is 2. The minimum absolute atomic E-state index is 0.0881. The molecule has 0 aliphatic carbocycles. The lowest BCUT2D eigenvalue weighted by Gasteiger charge is -2.14. The Kier molecular flexibility index (Phi) is 8.96. The molecule has 11 heteroatoms. The van der Waals surface area contributed by atoms with E-state index in [9.17, 15) is 14.4 Å². The van der Waals surface area contributed by atoms with Crippen molar-refractivity contribution in [2.45, 2.75) is 13.8 Å². The minimum atomic E-state index is -0.686. The Morgan fingerprint density at radius 3 is 2.00 bits per heavy atom. The fourth-order valence-corrected chi connectivity index (χ4v) is 4.63. The normalized spacial score (nSPS) is 10.3. The summed E-state index contributed by atoms with van der Waals surface area (Å²) in [4.78, 5) is 39.1. The molecule has 196 valence electrons. The number of amides is 2. The highest BCUT2D eigenvalue weighted by Crippen LogP contribution is 2.39. The van der Waals surface area contributed by atoms with E-state index >= 15 is 0 Å². The van der Waals surface area contributed by atoms with Crippen molar-refractivity contribution in [3.8, 4) is 23.0 Å². The summed E-state index contributed by atoms with van der Waals surface area (Å²) >= 11 is 0.962. The summed E-state index contributed by atoms with van der Waals surface area (Å²) < 4.78 is 26.3. The van der Waals surface area contributed by atoms with Gasteiger partial charge in [-0.2, -0.15) is 0 Å². The number of methoxy groups -OCH3 is 4. The molecule has 0 spiro atoms. The highest BCUT2D eigenvalue weighted by molar-refractivity contribution is 7.19. The number of anilines is 2. The van der Waals surface area contributed by atoms with Crippen LogP contribution in [0.25, 0.3) is 0 Å². The van der Waals surface area contributed by atoms with Gasteiger partial charge in [0.15, 0.2) is 11.5 Å². The molecule has 0 saturated carbocycles. The van der Waals surface area contributed by atoms with E-state index in [-0.39, 0.29) is 32.5 Å².